The summed E-state index contributed by atoms with van der Waals surface area (Å²) in [6.07, 6.45) is 15.7. The van der Waals surface area contributed by atoms with E-state index >= 15 is 0 Å². The second-order valence-electron chi connectivity index (χ2n) is 11.7. The number of methoxy groups -OCH3 is 1. The Balaban J connectivity index is 1.08. The lowest BCUT2D eigenvalue weighted by atomic mass is 9.97. The summed E-state index contributed by atoms with van der Waals surface area (Å²) in [7, 11) is 3.43. The van der Waals surface area contributed by atoms with E-state index in [1.165, 1.54) is 0 Å². The van der Waals surface area contributed by atoms with Gasteiger partial charge in [-0.25, -0.2) is 9.50 Å². The Labute approximate surface area is 248 Å². The van der Waals surface area contributed by atoms with Gasteiger partial charge in [0.2, 0.25) is 0 Å². The molecule has 1 amide bonds. The molecule has 43 heavy (non-hydrogen) atoms. The molecule has 6 heterocycles. The maximum absolute atomic E-state index is 13.0. The molecule has 0 bridgehead atoms. The lowest BCUT2D eigenvalue weighted by Gasteiger charge is -2.28. The largest absolute Gasteiger partial charge is 0.495 e. The lowest BCUT2D eigenvalue weighted by molar-refractivity contribution is 0.0904. The van der Waals surface area contributed by atoms with Gasteiger partial charge in [-0.2, -0.15) is 15.5 Å². The SMILES string of the molecule is COc1cncc(C(=O)N[C@]2(C)C[C@H]3CN(c4cnc(-c5cc(-c6cnn(C)c6)cn6ncc(C#N)c56)cn4)C[C@H]3C2)c1. The van der Waals surface area contributed by atoms with E-state index in [0.717, 1.165) is 48.4 Å². The molecule has 1 saturated carbocycles. The van der Waals surface area contributed by atoms with E-state index in [0.29, 0.717) is 39.9 Å². The number of hydrogen-bond acceptors (Lipinski definition) is 9. The van der Waals surface area contributed by atoms with Crippen LogP contribution in [0.2, 0.25) is 0 Å². The molecule has 7 rings (SSSR count). The number of ether oxygens (including phenoxy) is 1. The third-order valence-electron chi connectivity index (χ3n) is 8.64. The van der Waals surface area contributed by atoms with Crippen LogP contribution >= 0.6 is 0 Å². The van der Waals surface area contributed by atoms with Gasteiger partial charge in [-0.3, -0.25) is 19.4 Å². The van der Waals surface area contributed by atoms with Crippen LogP contribution < -0.4 is 15.0 Å². The van der Waals surface area contributed by atoms with Crippen molar-refractivity contribution in [2.75, 3.05) is 25.1 Å². The number of fused-ring (bicyclic) bond motifs is 2. The maximum atomic E-state index is 13.0. The van der Waals surface area contributed by atoms with E-state index < -0.39 is 0 Å². The van der Waals surface area contributed by atoms with Crippen molar-refractivity contribution in [3.63, 3.8) is 0 Å². The van der Waals surface area contributed by atoms with E-state index in [1.54, 1.807) is 53.4 Å². The average Bonchev–Trinajstić information content (AvgIpc) is 3.79. The minimum atomic E-state index is -0.286. The van der Waals surface area contributed by atoms with E-state index in [9.17, 15) is 10.1 Å². The Hall–Kier alpha value is -5.31. The van der Waals surface area contributed by atoms with Crippen molar-refractivity contribution in [1.82, 2.24) is 39.7 Å². The fraction of sp³-hybridized carbons (Fsp3) is 0.323. The summed E-state index contributed by atoms with van der Waals surface area (Å²) in [5.41, 5.74) is 4.68. The van der Waals surface area contributed by atoms with Gasteiger partial charge in [-0.05, 0) is 43.7 Å². The summed E-state index contributed by atoms with van der Waals surface area (Å²) in [5, 5.41) is 21.7. The third kappa shape index (κ3) is 4.82. The molecular weight excluding hydrogens is 544 g/mol. The van der Waals surface area contributed by atoms with Gasteiger partial charge in [-0.1, -0.05) is 0 Å². The fourth-order valence-corrected chi connectivity index (χ4v) is 6.68. The molecule has 5 aromatic rings. The summed E-state index contributed by atoms with van der Waals surface area (Å²) in [6.45, 7) is 3.84. The minimum absolute atomic E-state index is 0.133. The number of amides is 1. The highest BCUT2D eigenvalue weighted by atomic mass is 16.5. The van der Waals surface area contributed by atoms with Crippen molar-refractivity contribution < 1.29 is 9.53 Å². The molecule has 2 aliphatic rings. The number of aromatic nitrogens is 7. The first-order valence-corrected chi connectivity index (χ1v) is 14.1. The topological polar surface area (TPSA) is 139 Å². The molecule has 1 aliphatic carbocycles. The molecule has 5 aromatic heterocycles. The Morgan fingerprint density at radius 3 is 2.51 bits per heavy atom. The number of nitrogens with zero attached hydrogens (tertiary/aromatic N) is 9. The molecule has 0 unspecified atom stereocenters. The molecule has 216 valence electrons. The first-order chi connectivity index (χ1) is 20.8. The van der Waals surface area contributed by atoms with E-state index in [-0.39, 0.29) is 11.4 Å². The number of rotatable bonds is 6. The zero-order valence-electron chi connectivity index (χ0n) is 24.1. The molecule has 12 nitrogen and oxygen atoms in total. The molecular formula is C31H30N10O2. The summed E-state index contributed by atoms with van der Waals surface area (Å²) in [6, 6.07) is 5.96. The van der Waals surface area contributed by atoms with Gasteiger partial charge < -0.3 is 15.0 Å². The van der Waals surface area contributed by atoms with Crippen LogP contribution in [0.3, 0.4) is 0 Å². The quantitative estimate of drug-likeness (QED) is 0.323. The Bertz CT molecular complexity index is 1870. The van der Waals surface area contributed by atoms with Gasteiger partial charge in [0.05, 0.1) is 60.4 Å². The predicted molar refractivity (Wildman–Crippen MR) is 158 cm³/mol. The molecule has 2 fully saturated rings. The molecule has 1 saturated heterocycles. The summed E-state index contributed by atoms with van der Waals surface area (Å²) in [4.78, 5) is 29.0. The summed E-state index contributed by atoms with van der Waals surface area (Å²) < 4.78 is 8.68. The molecule has 12 heteroatoms. The molecule has 0 spiro atoms. The minimum Gasteiger partial charge on any atom is -0.495 e. The number of hydrogen-bond donors (Lipinski definition) is 1. The zero-order valence-corrected chi connectivity index (χ0v) is 24.1. The van der Waals surface area contributed by atoms with Crippen LogP contribution in [0, 0.1) is 23.2 Å². The van der Waals surface area contributed by atoms with Crippen LogP contribution in [0.25, 0.3) is 27.9 Å². The van der Waals surface area contributed by atoms with Gasteiger partial charge in [0.15, 0.2) is 0 Å². The number of nitriles is 1. The third-order valence-corrected chi connectivity index (χ3v) is 8.64. The van der Waals surface area contributed by atoms with Crippen molar-refractivity contribution in [2.24, 2.45) is 18.9 Å². The number of pyridine rings is 2. The average molecular weight is 575 g/mol. The first-order valence-electron chi connectivity index (χ1n) is 14.1. The number of nitrogens with one attached hydrogen (secondary N) is 1. The Morgan fingerprint density at radius 2 is 1.84 bits per heavy atom. The molecule has 1 aliphatic heterocycles. The van der Waals surface area contributed by atoms with E-state index in [1.807, 2.05) is 31.7 Å². The van der Waals surface area contributed by atoms with Crippen molar-refractivity contribution in [3.8, 4) is 34.2 Å². The highest BCUT2D eigenvalue weighted by Gasteiger charge is 2.47. The van der Waals surface area contributed by atoms with E-state index in [4.69, 9.17) is 14.7 Å². The van der Waals surface area contributed by atoms with Crippen LogP contribution in [0.15, 0.2) is 61.7 Å². The highest BCUT2D eigenvalue weighted by Crippen LogP contribution is 2.45. The van der Waals surface area contributed by atoms with Gasteiger partial charge in [0, 0.05) is 61.0 Å². The van der Waals surface area contributed by atoms with Crippen molar-refractivity contribution in [2.45, 2.75) is 25.3 Å². The van der Waals surface area contributed by atoms with Gasteiger partial charge in [0.1, 0.15) is 17.6 Å². The standard InChI is InChI=1S/C31H30N10O2/c1-31(38-30(42)19-4-25(43-3)12-33-9-19)6-21-16-40(17-22(21)7-31)28-14-34-27(13-35-28)26-5-20(24-11-36-39(2)15-24)18-41-29(26)23(8-32)10-37-41/h4-5,9-15,18,21-22H,6-7,16-17H2,1-3H3,(H,38,42)/t21-,22+,31+. The monoisotopic (exact) mass is 574 g/mol. The molecule has 0 aromatic carbocycles. The van der Waals surface area contributed by atoms with Gasteiger partial charge >= 0.3 is 0 Å². The van der Waals surface area contributed by atoms with Crippen molar-refractivity contribution >= 4 is 17.2 Å². The van der Waals surface area contributed by atoms with Crippen LogP contribution in [-0.2, 0) is 7.05 Å². The lowest BCUT2D eigenvalue weighted by Crippen LogP contribution is -2.45. The number of anilines is 1. The molecule has 1 N–H and O–H groups in total. The van der Waals surface area contributed by atoms with Crippen LogP contribution in [0.5, 0.6) is 5.75 Å². The van der Waals surface area contributed by atoms with Crippen LogP contribution in [0.4, 0.5) is 5.82 Å². The van der Waals surface area contributed by atoms with Gasteiger partial charge in [0.25, 0.3) is 5.91 Å². The maximum Gasteiger partial charge on any atom is 0.253 e. The number of carbonyl (C=O) groups excluding carboxylic acids is 1. The summed E-state index contributed by atoms with van der Waals surface area (Å²) >= 11 is 0. The zero-order chi connectivity index (χ0) is 29.7. The first kappa shape index (κ1) is 26.6. The molecule has 0 radical (unpaired) electrons. The Morgan fingerprint density at radius 1 is 1.02 bits per heavy atom. The second-order valence-corrected chi connectivity index (χ2v) is 11.7. The van der Waals surface area contributed by atoms with Gasteiger partial charge in [-0.15, -0.1) is 0 Å². The van der Waals surface area contributed by atoms with E-state index in [2.05, 4.69) is 38.4 Å². The van der Waals surface area contributed by atoms with Crippen LogP contribution in [-0.4, -0.2) is 66.0 Å². The second kappa shape index (κ2) is 10.2. The van der Waals surface area contributed by atoms with Crippen LogP contribution in [0.1, 0.15) is 35.7 Å². The molecule has 3 atom stereocenters. The smallest absolute Gasteiger partial charge is 0.253 e. The van der Waals surface area contributed by atoms with Crippen molar-refractivity contribution in [1.29, 1.82) is 5.26 Å². The normalized spacial score (nSPS) is 21.1. The van der Waals surface area contributed by atoms with Crippen molar-refractivity contribution in [3.05, 3.63) is 72.8 Å². The Kier molecular flexibility index (Phi) is 6.30. The summed E-state index contributed by atoms with van der Waals surface area (Å²) in [5.74, 6) is 2.13. The predicted octanol–water partition coefficient (Wildman–Crippen LogP) is 3.50. The fourth-order valence-electron chi connectivity index (χ4n) is 6.68. The number of carbonyl (C=O) groups is 1. The number of aryl methyl sites for hydroxylation is 1. The highest BCUT2D eigenvalue weighted by molar-refractivity contribution is 5.94.